The third-order valence-corrected chi connectivity index (χ3v) is 6.22. The Hall–Kier alpha value is -2.27. The highest BCUT2D eigenvalue weighted by molar-refractivity contribution is 8.18. The minimum absolute atomic E-state index is 0.0506. The molecule has 0 spiro atoms. The van der Waals surface area contributed by atoms with Gasteiger partial charge in [0.25, 0.3) is 5.91 Å². The van der Waals surface area contributed by atoms with Gasteiger partial charge in [0.15, 0.2) is 5.17 Å². The van der Waals surface area contributed by atoms with Crippen molar-refractivity contribution in [3.63, 3.8) is 0 Å². The number of nitrogens with zero attached hydrogens (tertiary/aromatic N) is 3. The van der Waals surface area contributed by atoms with Gasteiger partial charge in [-0.1, -0.05) is 25.1 Å². The molecule has 2 aromatic rings. The number of rotatable bonds is 5. The number of hydrogen-bond acceptors (Lipinski definition) is 3. The van der Waals surface area contributed by atoms with Crippen LogP contribution in [0, 0.1) is 20.8 Å². The first-order valence-corrected chi connectivity index (χ1v) is 10.8. The Labute approximate surface area is 172 Å². The number of hydrogen-bond donors (Lipinski definition) is 0. The van der Waals surface area contributed by atoms with Gasteiger partial charge in [-0.2, -0.15) is 0 Å². The minimum atomic E-state index is 0.0506. The Morgan fingerprint density at radius 2 is 1.89 bits per heavy atom. The number of benzene rings is 1. The van der Waals surface area contributed by atoms with E-state index in [-0.39, 0.29) is 5.91 Å². The molecule has 5 heteroatoms. The zero-order valence-electron chi connectivity index (χ0n) is 17.7. The number of thioether (sulfide) groups is 1. The van der Waals surface area contributed by atoms with E-state index in [0.29, 0.717) is 13.1 Å². The van der Waals surface area contributed by atoms with E-state index < -0.39 is 0 Å². The molecule has 0 bridgehead atoms. The topological polar surface area (TPSA) is 37.6 Å². The van der Waals surface area contributed by atoms with Gasteiger partial charge in [-0.3, -0.25) is 14.7 Å². The van der Waals surface area contributed by atoms with Crippen molar-refractivity contribution in [1.82, 2.24) is 9.47 Å². The summed E-state index contributed by atoms with van der Waals surface area (Å²) in [4.78, 5) is 19.8. The van der Waals surface area contributed by atoms with E-state index in [1.165, 1.54) is 34.3 Å². The molecule has 2 heterocycles. The number of para-hydroxylation sites is 1. The monoisotopic (exact) mass is 395 g/mol. The maximum atomic E-state index is 12.8. The average Bonchev–Trinajstić information content (AvgIpc) is 3.11. The second-order valence-electron chi connectivity index (χ2n) is 7.02. The predicted octanol–water partition coefficient (Wildman–Crippen LogP) is 5.28. The summed E-state index contributed by atoms with van der Waals surface area (Å²) in [5.74, 6) is 0.0506. The van der Waals surface area contributed by atoms with Gasteiger partial charge in [-0.25, -0.2) is 0 Å². The van der Waals surface area contributed by atoms with Gasteiger partial charge in [0.2, 0.25) is 0 Å². The number of amidine groups is 1. The lowest BCUT2D eigenvalue weighted by Crippen LogP contribution is -2.28. The van der Waals surface area contributed by atoms with Crippen LogP contribution < -0.4 is 0 Å². The fraction of sp³-hybridized carbons (Fsp3) is 0.391. The largest absolute Gasteiger partial charge is 0.317 e. The van der Waals surface area contributed by atoms with E-state index >= 15 is 0 Å². The summed E-state index contributed by atoms with van der Waals surface area (Å²) in [7, 11) is 0. The third-order valence-electron chi connectivity index (χ3n) is 5.18. The smallest absolute Gasteiger partial charge is 0.266 e. The van der Waals surface area contributed by atoms with Crippen molar-refractivity contribution in [2.45, 2.75) is 48.0 Å². The van der Waals surface area contributed by atoms with Gasteiger partial charge in [0.05, 0.1) is 10.6 Å². The van der Waals surface area contributed by atoms with Crippen LogP contribution in [0.3, 0.4) is 0 Å². The second-order valence-corrected chi connectivity index (χ2v) is 8.02. The maximum Gasteiger partial charge on any atom is 0.266 e. The highest BCUT2D eigenvalue weighted by Gasteiger charge is 2.32. The fourth-order valence-electron chi connectivity index (χ4n) is 3.78. The summed E-state index contributed by atoms with van der Waals surface area (Å²) in [5, 5.41) is 0.808. The molecule has 0 atom stereocenters. The van der Waals surface area contributed by atoms with Crippen LogP contribution in [0.1, 0.15) is 48.8 Å². The molecule has 0 radical (unpaired) electrons. The second kappa shape index (κ2) is 8.39. The molecular weight excluding hydrogens is 366 g/mol. The first-order valence-electron chi connectivity index (χ1n) is 9.96. The van der Waals surface area contributed by atoms with Crippen molar-refractivity contribution in [2.75, 3.05) is 13.1 Å². The van der Waals surface area contributed by atoms with Crippen molar-refractivity contribution in [3.8, 4) is 5.69 Å². The summed E-state index contributed by atoms with van der Waals surface area (Å²) in [6.45, 7) is 13.9. The molecule has 0 saturated carbocycles. The first kappa shape index (κ1) is 20.5. The van der Waals surface area contributed by atoms with Crippen molar-refractivity contribution >= 4 is 28.9 Å². The predicted molar refractivity (Wildman–Crippen MR) is 120 cm³/mol. The first-order chi connectivity index (χ1) is 13.4. The summed E-state index contributed by atoms with van der Waals surface area (Å²) in [6, 6.07) is 8.65. The van der Waals surface area contributed by atoms with Crippen LogP contribution in [0.15, 0.2) is 34.2 Å². The highest BCUT2D eigenvalue weighted by atomic mass is 32.2. The lowest BCUT2D eigenvalue weighted by atomic mass is 10.1. The van der Waals surface area contributed by atoms with Crippen LogP contribution in [0.5, 0.6) is 0 Å². The van der Waals surface area contributed by atoms with E-state index in [0.717, 1.165) is 27.8 Å². The van der Waals surface area contributed by atoms with Crippen molar-refractivity contribution < 1.29 is 4.79 Å². The standard InChI is InChI=1S/C23H29N3OS/c1-7-18-12-10-11-15(4)21(18)26-16(5)13-19(17(26)6)14-20-22(27)25(9-3)23(28-20)24-8-2/h10-14H,7-9H2,1-6H3/b20-14-,24-23?. The molecule has 1 aliphatic heterocycles. The van der Waals surface area contributed by atoms with Crippen LogP contribution >= 0.6 is 11.8 Å². The molecule has 1 aliphatic rings. The molecule has 0 N–H and O–H groups in total. The maximum absolute atomic E-state index is 12.8. The summed E-state index contributed by atoms with van der Waals surface area (Å²) in [5.41, 5.74) is 7.29. The van der Waals surface area contributed by atoms with Crippen LogP contribution in [0.4, 0.5) is 0 Å². The number of aliphatic imine (C=N–C) groups is 1. The minimum Gasteiger partial charge on any atom is -0.317 e. The van der Waals surface area contributed by atoms with Crippen LogP contribution in [0.25, 0.3) is 11.8 Å². The molecule has 4 nitrogen and oxygen atoms in total. The van der Waals surface area contributed by atoms with Gasteiger partial charge in [0.1, 0.15) is 0 Å². The lowest BCUT2D eigenvalue weighted by molar-refractivity contribution is -0.122. The van der Waals surface area contributed by atoms with Crippen LogP contribution in [-0.4, -0.2) is 33.6 Å². The zero-order valence-corrected chi connectivity index (χ0v) is 18.5. The molecule has 1 amide bonds. The molecular formula is C23H29N3OS. The Balaban J connectivity index is 2.08. The van der Waals surface area contributed by atoms with E-state index in [1.54, 1.807) is 4.90 Å². The number of amides is 1. The normalized spacial score (nSPS) is 17.4. The van der Waals surface area contributed by atoms with Crippen molar-refractivity contribution in [1.29, 1.82) is 0 Å². The Kier molecular flexibility index (Phi) is 6.14. The van der Waals surface area contributed by atoms with Crippen molar-refractivity contribution in [3.05, 3.63) is 57.2 Å². The lowest BCUT2D eigenvalue weighted by Gasteiger charge is -2.17. The number of aromatic nitrogens is 1. The number of likely N-dealkylation sites (N-methyl/N-ethyl adjacent to an activating group) is 1. The fourth-order valence-corrected chi connectivity index (χ4v) is 4.88. The number of aryl methyl sites for hydroxylation is 3. The Morgan fingerprint density at radius 3 is 2.54 bits per heavy atom. The zero-order chi connectivity index (χ0) is 20.4. The summed E-state index contributed by atoms with van der Waals surface area (Å²) in [6.07, 6.45) is 3.01. The van der Waals surface area contributed by atoms with Gasteiger partial charge in [-0.05, 0) is 81.6 Å². The van der Waals surface area contributed by atoms with E-state index in [4.69, 9.17) is 0 Å². The molecule has 1 aromatic heterocycles. The van der Waals surface area contributed by atoms with E-state index in [1.807, 2.05) is 19.9 Å². The van der Waals surface area contributed by atoms with Crippen LogP contribution in [-0.2, 0) is 11.2 Å². The summed E-state index contributed by atoms with van der Waals surface area (Å²) >= 11 is 1.48. The molecule has 148 valence electrons. The van der Waals surface area contributed by atoms with Crippen molar-refractivity contribution in [2.24, 2.45) is 4.99 Å². The van der Waals surface area contributed by atoms with E-state index in [9.17, 15) is 4.79 Å². The number of carbonyl (C=O) groups excluding carboxylic acids is 1. The average molecular weight is 396 g/mol. The number of carbonyl (C=O) groups is 1. The molecule has 1 saturated heterocycles. The third kappa shape index (κ3) is 3.55. The molecule has 0 unspecified atom stereocenters. The quantitative estimate of drug-likeness (QED) is 0.646. The van der Waals surface area contributed by atoms with Gasteiger partial charge < -0.3 is 4.57 Å². The summed E-state index contributed by atoms with van der Waals surface area (Å²) < 4.78 is 2.32. The van der Waals surface area contributed by atoms with Gasteiger partial charge in [0, 0.05) is 24.5 Å². The molecule has 1 aromatic carbocycles. The Morgan fingerprint density at radius 1 is 1.14 bits per heavy atom. The Bertz CT molecular complexity index is 968. The SMILES string of the molecule is CCN=C1S/C(=C\c2cc(C)n(-c3c(C)cccc3CC)c2C)C(=O)N1CC. The van der Waals surface area contributed by atoms with Gasteiger partial charge >= 0.3 is 0 Å². The van der Waals surface area contributed by atoms with E-state index in [2.05, 4.69) is 61.5 Å². The molecule has 0 aliphatic carbocycles. The molecule has 3 rings (SSSR count). The van der Waals surface area contributed by atoms with Gasteiger partial charge in [-0.15, -0.1) is 0 Å². The molecule has 1 fully saturated rings. The van der Waals surface area contributed by atoms with Crippen LogP contribution in [0.2, 0.25) is 0 Å². The highest BCUT2D eigenvalue weighted by Crippen LogP contribution is 2.34. The molecule has 28 heavy (non-hydrogen) atoms.